The van der Waals surface area contributed by atoms with Crippen LogP contribution in [0.5, 0.6) is 0 Å². The highest BCUT2D eigenvalue weighted by molar-refractivity contribution is 5.69. The maximum absolute atomic E-state index is 10.3. The Morgan fingerprint density at radius 3 is 1.80 bits per heavy atom. The number of hydrogen-bond acceptors (Lipinski definition) is 2. The predicted octanol–water partition coefficient (Wildman–Crippen LogP) is 0.724. The number of carboxylic acids is 1. The van der Waals surface area contributed by atoms with Crippen LogP contribution in [0.3, 0.4) is 0 Å². The van der Waals surface area contributed by atoms with Crippen molar-refractivity contribution in [3.63, 3.8) is 0 Å². The summed E-state index contributed by atoms with van der Waals surface area (Å²) in [4.78, 5) is 10.3. The molecule has 0 aromatic heterocycles. The van der Waals surface area contributed by atoms with Crippen molar-refractivity contribution in [1.29, 1.82) is 0 Å². The van der Waals surface area contributed by atoms with E-state index in [-0.39, 0.29) is 5.92 Å². The summed E-state index contributed by atoms with van der Waals surface area (Å²) in [5.74, 6) is -1.51. The lowest BCUT2D eigenvalue weighted by atomic mass is 9.92. The smallest absolute Gasteiger partial charge is 0.306 e. The minimum Gasteiger partial charge on any atom is -0.481 e. The van der Waals surface area contributed by atoms with Crippen LogP contribution in [-0.2, 0) is 4.79 Å². The van der Waals surface area contributed by atoms with Gasteiger partial charge in [0.25, 0.3) is 0 Å². The first-order valence-electron chi connectivity index (χ1n) is 3.37. The van der Waals surface area contributed by atoms with Crippen molar-refractivity contribution in [2.75, 3.05) is 0 Å². The fourth-order valence-electron chi connectivity index (χ4n) is 0.643. The van der Waals surface area contributed by atoms with Gasteiger partial charge in [-0.3, -0.25) is 4.79 Å². The number of carboxylic acid groups (broad SMARTS) is 1. The molecule has 0 aromatic rings. The van der Waals surface area contributed by atoms with Crippen LogP contribution in [-0.4, -0.2) is 22.3 Å². The lowest BCUT2D eigenvalue weighted by Gasteiger charge is -2.18. The van der Waals surface area contributed by atoms with Crippen LogP contribution in [0.1, 0.15) is 20.8 Å². The van der Waals surface area contributed by atoms with E-state index < -0.39 is 18.0 Å². The summed E-state index contributed by atoms with van der Waals surface area (Å²) >= 11 is 0. The van der Waals surface area contributed by atoms with Gasteiger partial charge in [-0.25, -0.2) is 0 Å². The zero-order valence-corrected chi connectivity index (χ0v) is 6.53. The molecule has 3 atom stereocenters. The highest BCUT2D eigenvalue weighted by atomic mass is 16.4. The SMILES string of the molecule is C[C@@H]([C@H](C)O)[C@@H](C)C(=O)O. The molecule has 3 nitrogen and oxygen atoms in total. The van der Waals surface area contributed by atoms with E-state index in [0.717, 1.165) is 0 Å². The molecule has 0 saturated carbocycles. The van der Waals surface area contributed by atoms with E-state index in [2.05, 4.69) is 0 Å². The van der Waals surface area contributed by atoms with Gasteiger partial charge in [-0.05, 0) is 12.8 Å². The quantitative estimate of drug-likeness (QED) is 0.617. The van der Waals surface area contributed by atoms with Gasteiger partial charge in [-0.1, -0.05) is 13.8 Å². The van der Waals surface area contributed by atoms with Gasteiger partial charge >= 0.3 is 5.97 Å². The van der Waals surface area contributed by atoms with Gasteiger partial charge in [0, 0.05) is 0 Å². The van der Waals surface area contributed by atoms with Gasteiger partial charge < -0.3 is 10.2 Å². The molecule has 0 rings (SSSR count). The van der Waals surface area contributed by atoms with Crippen LogP contribution in [0.2, 0.25) is 0 Å². The Hall–Kier alpha value is -0.570. The Morgan fingerprint density at radius 1 is 1.30 bits per heavy atom. The van der Waals surface area contributed by atoms with Crippen LogP contribution < -0.4 is 0 Å². The van der Waals surface area contributed by atoms with Crippen LogP contribution in [0.15, 0.2) is 0 Å². The second-order valence-corrected chi connectivity index (χ2v) is 2.73. The van der Waals surface area contributed by atoms with E-state index in [1.54, 1.807) is 20.8 Å². The van der Waals surface area contributed by atoms with E-state index >= 15 is 0 Å². The molecule has 0 radical (unpaired) electrons. The van der Waals surface area contributed by atoms with E-state index in [9.17, 15) is 4.79 Å². The summed E-state index contributed by atoms with van der Waals surface area (Å²) in [6.45, 7) is 4.92. The third-order valence-electron chi connectivity index (χ3n) is 1.94. The zero-order chi connectivity index (χ0) is 8.31. The monoisotopic (exact) mass is 146 g/mol. The fraction of sp³-hybridized carbons (Fsp3) is 0.857. The molecule has 0 aliphatic heterocycles. The van der Waals surface area contributed by atoms with Gasteiger partial charge in [0.05, 0.1) is 12.0 Å². The molecule has 0 spiro atoms. The molecule has 0 saturated heterocycles. The molecule has 3 heteroatoms. The summed E-state index contributed by atoms with van der Waals surface area (Å²) in [7, 11) is 0. The third kappa shape index (κ3) is 2.35. The van der Waals surface area contributed by atoms with Gasteiger partial charge in [0.1, 0.15) is 0 Å². The molecule has 0 aromatic carbocycles. The first-order valence-corrected chi connectivity index (χ1v) is 3.37. The Kier molecular flexibility index (Phi) is 3.36. The van der Waals surface area contributed by atoms with Gasteiger partial charge in [-0.15, -0.1) is 0 Å². The second kappa shape index (κ2) is 3.56. The average Bonchev–Trinajstić information content (AvgIpc) is 1.84. The lowest BCUT2D eigenvalue weighted by Crippen LogP contribution is -2.26. The van der Waals surface area contributed by atoms with Crippen LogP contribution >= 0.6 is 0 Å². The summed E-state index contributed by atoms with van der Waals surface area (Å²) in [5, 5.41) is 17.5. The molecule has 10 heavy (non-hydrogen) atoms. The number of rotatable bonds is 3. The molecule has 0 unspecified atom stereocenters. The van der Waals surface area contributed by atoms with Crippen molar-refractivity contribution < 1.29 is 15.0 Å². The van der Waals surface area contributed by atoms with E-state index in [4.69, 9.17) is 10.2 Å². The molecule has 0 bridgehead atoms. The van der Waals surface area contributed by atoms with E-state index in [1.165, 1.54) is 0 Å². The highest BCUT2D eigenvalue weighted by Gasteiger charge is 2.22. The maximum Gasteiger partial charge on any atom is 0.306 e. The van der Waals surface area contributed by atoms with Crippen molar-refractivity contribution in [2.45, 2.75) is 26.9 Å². The molecule has 0 aliphatic carbocycles. The van der Waals surface area contributed by atoms with E-state index in [1.807, 2.05) is 0 Å². The lowest BCUT2D eigenvalue weighted by molar-refractivity contribution is -0.144. The Morgan fingerprint density at radius 2 is 1.70 bits per heavy atom. The molecule has 2 N–H and O–H groups in total. The minimum absolute atomic E-state index is 0.183. The fourth-order valence-corrected chi connectivity index (χ4v) is 0.643. The normalized spacial score (nSPS) is 19.6. The second-order valence-electron chi connectivity index (χ2n) is 2.73. The summed E-state index contributed by atoms with van der Waals surface area (Å²) in [5.41, 5.74) is 0. The van der Waals surface area contributed by atoms with Gasteiger partial charge in [-0.2, -0.15) is 0 Å². The Bertz CT molecular complexity index is 120. The van der Waals surface area contributed by atoms with Gasteiger partial charge in [0.2, 0.25) is 0 Å². The number of hydrogen-bond donors (Lipinski definition) is 2. The predicted molar refractivity (Wildman–Crippen MR) is 37.6 cm³/mol. The maximum atomic E-state index is 10.3. The third-order valence-corrected chi connectivity index (χ3v) is 1.94. The van der Waals surface area contributed by atoms with Crippen LogP contribution in [0.4, 0.5) is 0 Å². The van der Waals surface area contributed by atoms with Crippen LogP contribution in [0, 0.1) is 11.8 Å². The molecule has 0 fully saturated rings. The zero-order valence-electron chi connectivity index (χ0n) is 6.53. The van der Waals surface area contributed by atoms with Crippen molar-refractivity contribution >= 4 is 5.97 Å². The van der Waals surface area contributed by atoms with Crippen LogP contribution in [0.25, 0.3) is 0 Å². The molecular weight excluding hydrogens is 132 g/mol. The first kappa shape index (κ1) is 9.43. The first-order chi connectivity index (χ1) is 4.46. The summed E-state index contributed by atoms with van der Waals surface area (Å²) in [6.07, 6.45) is -0.550. The molecule has 0 aliphatic rings. The van der Waals surface area contributed by atoms with E-state index in [0.29, 0.717) is 0 Å². The summed E-state index contributed by atoms with van der Waals surface area (Å²) in [6, 6.07) is 0. The van der Waals surface area contributed by atoms with Crippen molar-refractivity contribution in [1.82, 2.24) is 0 Å². The minimum atomic E-state index is -0.853. The molecule has 0 amide bonds. The highest BCUT2D eigenvalue weighted by Crippen LogP contribution is 2.14. The molecule has 0 heterocycles. The number of carbonyl (C=O) groups is 1. The molecule has 60 valence electrons. The average molecular weight is 146 g/mol. The van der Waals surface area contributed by atoms with Crippen molar-refractivity contribution in [2.24, 2.45) is 11.8 Å². The Labute approximate surface area is 60.7 Å². The Balaban J connectivity index is 3.94. The number of aliphatic hydroxyl groups is 1. The topological polar surface area (TPSA) is 57.5 Å². The van der Waals surface area contributed by atoms with Crippen molar-refractivity contribution in [3.8, 4) is 0 Å². The van der Waals surface area contributed by atoms with Crippen molar-refractivity contribution in [3.05, 3.63) is 0 Å². The number of aliphatic carboxylic acids is 1. The molecular formula is C7H14O3. The number of aliphatic hydroxyl groups excluding tert-OH is 1. The standard InChI is InChI=1S/C7H14O3/c1-4(6(3)8)5(2)7(9)10/h4-6,8H,1-3H3,(H,9,10)/t4-,5-,6+/m1/s1. The summed E-state index contributed by atoms with van der Waals surface area (Å²) < 4.78 is 0. The van der Waals surface area contributed by atoms with Gasteiger partial charge in [0.15, 0.2) is 0 Å². The largest absolute Gasteiger partial charge is 0.481 e.